The Balaban J connectivity index is 0.00000156. The number of imidazole rings is 1. The fourth-order valence-corrected chi connectivity index (χ4v) is 2.80. The summed E-state index contributed by atoms with van der Waals surface area (Å²) in [5, 5.41) is 0. The third-order valence-corrected chi connectivity index (χ3v) is 3.83. The number of fused-ring (bicyclic) bond motifs is 1. The van der Waals surface area contributed by atoms with E-state index in [1.54, 1.807) is 6.20 Å². The van der Waals surface area contributed by atoms with Crippen LogP contribution in [0.25, 0.3) is 28.2 Å². The first-order chi connectivity index (χ1) is 10.7. The molecule has 2 aromatic heterocycles. The Morgan fingerprint density at radius 2 is 1.91 bits per heavy atom. The molecule has 0 saturated carbocycles. The van der Waals surface area contributed by atoms with E-state index in [1.807, 2.05) is 18.3 Å². The summed E-state index contributed by atoms with van der Waals surface area (Å²) in [6, 6.07) is 13.3. The fourth-order valence-electron chi connectivity index (χ4n) is 2.80. The van der Waals surface area contributed by atoms with Crippen molar-refractivity contribution >= 4 is 11.1 Å². The third kappa shape index (κ3) is 2.62. The van der Waals surface area contributed by atoms with Gasteiger partial charge >= 0.3 is 0 Å². The molecule has 0 aliphatic carbocycles. The van der Waals surface area contributed by atoms with Gasteiger partial charge in [0.15, 0.2) is 6.39 Å². The minimum atomic E-state index is 0. The second-order valence-corrected chi connectivity index (χ2v) is 5.31. The van der Waals surface area contributed by atoms with Crippen LogP contribution in [0.2, 0.25) is 0 Å². The number of hydrogen-bond acceptors (Lipinski definition) is 3. The van der Waals surface area contributed by atoms with Gasteiger partial charge in [-0.15, -0.1) is 17.7 Å². The Labute approximate surface area is 147 Å². The Morgan fingerprint density at radius 3 is 2.70 bits per heavy atom. The van der Waals surface area contributed by atoms with Crippen LogP contribution >= 0.6 is 0 Å². The molecule has 117 valence electrons. The van der Waals surface area contributed by atoms with Crippen LogP contribution in [-0.2, 0) is 20.1 Å². The summed E-state index contributed by atoms with van der Waals surface area (Å²) < 4.78 is 7.48. The molecule has 4 nitrogen and oxygen atoms in total. The summed E-state index contributed by atoms with van der Waals surface area (Å²) in [5.41, 5.74) is 6.00. The van der Waals surface area contributed by atoms with Crippen molar-refractivity contribution in [2.24, 2.45) is 0 Å². The maximum atomic E-state index is 5.38. The van der Waals surface area contributed by atoms with Gasteiger partial charge in [-0.3, -0.25) is 9.97 Å². The van der Waals surface area contributed by atoms with Crippen molar-refractivity contribution in [1.29, 1.82) is 0 Å². The van der Waals surface area contributed by atoms with Gasteiger partial charge in [-0.25, -0.2) is 0 Å². The van der Waals surface area contributed by atoms with Crippen molar-refractivity contribution in [2.45, 2.75) is 13.8 Å². The van der Waals surface area contributed by atoms with E-state index in [0.29, 0.717) is 0 Å². The number of para-hydroxylation sites is 1. The van der Waals surface area contributed by atoms with Crippen molar-refractivity contribution in [3.63, 3.8) is 0 Å². The first-order valence-corrected chi connectivity index (χ1v) is 7.09. The van der Waals surface area contributed by atoms with Crippen molar-refractivity contribution in [3.05, 3.63) is 66.3 Å². The zero-order chi connectivity index (χ0) is 15.1. The van der Waals surface area contributed by atoms with Crippen LogP contribution in [0.4, 0.5) is 0 Å². The van der Waals surface area contributed by atoms with Gasteiger partial charge in [0.05, 0.1) is 11.4 Å². The standard InChI is InChI=1S/C18H14N3O.Ir/c1-12-4-3-5-13(2)17(12)21-9-8-19-18(21)14-6-7-15-16(10-14)22-11-20-15;/h3-5,7-11H,1-2H3;/q-1;. The second kappa shape index (κ2) is 6.11. The predicted octanol–water partition coefficient (Wildman–Crippen LogP) is 4.10. The van der Waals surface area contributed by atoms with E-state index in [-0.39, 0.29) is 20.1 Å². The SMILES string of the molecule is Cc1cccc(C)c1-n1ccnc1-c1[c-]cc2ncoc2c1.[Ir]. The molecule has 2 aromatic carbocycles. The van der Waals surface area contributed by atoms with Gasteiger partial charge in [0.25, 0.3) is 0 Å². The van der Waals surface area contributed by atoms with E-state index in [2.05, 4.69) is 52.6 Å². The Morgan fingerprint density at radius 1 is 1.13 bits per heavy atom. The second-order valence-electron chi connectivity index (χ2n) is 5.31. The van der Waals surface area contributed by atoms with Crippen LogP contribution in [0.15, 0.2) is 53.5 Å². The predicted molar refractivity (Wildman–Crippen MR) is 84.9 cm³/mol. The normalized spacial score (nSPS) is 10.7. The van der Waals surface area contributed by atoms with Crippen molar-refractivity contribution in [1.82, 2.24) is 14.5 Å². The van der Waals surface area contributed by atoms with Gasteiger partial charge in [-0.2, -0.15) is 0 Å². The van der Waals surface area contributed by atoms with Gasteiger partial charge in [0.2, 0.25) is 0 Å². The van der Waals surface area contributed by atoms with Gasteiger partial charge in [0, 0.05) is 43.7 Å². The van der Waals surface area contributed by atoms with E-state index >= 15 is 0 Å². The average Bonchev–Trinajstić information content (AvgIpc) is 3.15. The summed E-state index contributed by atoms with van der Waals surface area (Å²) in [7, 11) is 0. The number of aromatic nitrogens is 3. The molecule has 4 aromatic rings. The van der Waals surface area contributed by atoms with Gasteiger partial charge < -0.3 is 8.98 Å². The maximum Gasteiger partial charge on any atom is 0.170 e. The zero-order valence-electron chi connectivity index (χ0n) is 12.7. The Hall–Kier alpha value is -2.23. The molecule has 1 radical (unpaired) electrons. The number of aryl methyl sites for hydroxylation is 2. The molecule has 0 spiro atoms. The van der Waals surface area contributed by atoms with Crippen LogP contribution in [0, 0.1) is 19.9 Å². The summed E-state index contributed by atoms with van der Waals surface area (Å²) in [4.78, 5) is 8.63. The molecule has 0 amide bonds. The molecule has 0 fully saturated rings. The molecule has 2 heterocycles. The fraction of sp³-hybridized carbons (Fsp3) is 0.111. The zero-order valence-corrected chi connectivity index (χ0v) is 15.1. The number of hydrogen-bond donors (Lipinski definition) is 0. The van der Waals surface area contributed by atoms with Gasteiger partial charge in [0.1, 0.15) is 0 Å². The smallest absolute Gasteiger partial charge is 0.170 e. The van der Waals surface area contributed by atoms with E-state index in [0.717, 1.165) is 28.2 Å². The number of nitrogens with zero attached hydrogens (tertiary/aromatic N) is 3. The molecule has 0 aliphatic heterocycles. The molecule has 0 saturated heterocycles. The van der Waals surface area contributed by atoms with E-state index in [9.17, 15) is 0 Å². The molecular weight excluding hydrogens is 466 g/mol. The minimum Gasteiger partial charge on any atom is -0.464 e. The quantitative estimate of drug-likeness (QED) is 0.406. The number of oxazole rings is 1. The topological polar surface area (TPSA) is 43.9 Å². The van der Waals surface area contributed by atoms with Gasteiger partial charge in [-0.05, 0) is 25.0 Å². The first kappa shape index (κ1) is 15.7. The first-order valence-electron chi connectivity index (χ1n) is 7.09. The van der Waals surface area contributed by atoms with Crippen LogP contribution in [0.5, 0.6) is 0 Å². The Bertz CT molecular complexity index is 951. The third-order valence-electron chi connectivity index (χ3n) is 3.83. The minimum absolute atomic E-state index is 0. The van der Waals surface area contributed by atoms with Gasteiger partial charge in [-0.1, -0.05) is 24.3 Å². The largest absolute Gasteiger partial charge is 0.464 e. The Kier molecular flexibility index (Phi) is 4.16. The molecule has 0 N–H and O–H groups in total. The molecule has 5 heteroatoms. The molecule has 0 bridgehead atoms. The van der Waals surface area contributed by atoms with Crippen LogP contribution < -0.4 is 0 Å². The van der Waals surface area contributed by atoms with E-state index < -0.39 is 0 Å². The van der Waals surface area contributed by atoms with Crippen LogP contribution in [-0.4, -0.2) is 14.5 Å². The van der Waals surface area contributed by atoms with Crippen molar-refractivity contribution < 1.29 is 24.5 Å². The molecule has 23 heavy (non-hydrogen) atoms. The van der Waals surface area contributed by atoms with Crippen molar-refractivity contribution in [2.75, 3.05) is 0 Å². The number of benzene rings is 2. The van der Waals surface area contributed by atoms with E-state index in [1.165, 1.54) is 17.5 Å². The van der Waals surface area contributed by atoms with Crippen molar-refractivity contribution in [3.8, 4) is 17.1 Å². The molecule has 0 aliphatic rings. The molecule has 4 rings (SSSR count). The molecule has 0 atom stereocenters. The molecule has 0 unspecified atom stereocenters. The summed E-state index contributed by atoms with van der Waals surface area (Å²) in [6.07, 6.45) is 5.23. The maximum absolute atomic E-state index is 5.38. The summed E-state index contributed by atoms with van der Waals surface area (Å²) >= 11 is 0. The van der Waals surface area contributed by atoms with Crippen LogP contribution in [0.1, 0.15) is 11.1 Å². The van der Waals surface area contributed by atoms with E-state index in [4.69, 9.17) is 4.42 Å². The average molecular weight is 481 g/mol. The summed E-state index contributed by atoms with van der Waals surface area (Å²) in [6.45, 7) is 4.21. The summed E-state index contributed by atoms with van der Waals surface area (Å²) in [5.74, 6) is 0.843. The number of rotatable bonds is 2. The molecular formula is C18H14IrN3O-. The van der Waals surface area contributed by atoms with Crippen LogP contribution in [0.3, 0.4) is 0 Å². The monoisotopic (exact) mass is 481 g/mol.